The van der Waals surface area contributed by atoms with E-state index in [2.05, 4.69) is 16.0 Å². The van der Waals surface area contributed by atoms with E-state index in [4.69, 9.17) is 0 Å². The fourth-order valence-electron chi connectivity index (χ4n) is 3.93. The second-order valence-corrected chi connectivity index (χ2v) is 12.2. The van der Waals surface area contributed by atoms with Crippen molar-refractivity contribution >= 4 is 23.6 Å². The zero-order chi connectivity index (χ0) is 30.7. The van der Waals surface area contributed by atoms with Crippen LogP contribution in [0.5, 0.6) is 0 Å². The third-order valence-electron chi connectivity index (χ3n) is 6.49. The van der Waals surface area contributed by atoms with E-state index in [1.807, 2.05) is 27.7 Å². The number of rotatable bonds is 17. The maximum Gasteiger partial charge on any atom is 0.284 e. The number of carbonyl (C=O) groups is 4. The number of halogens is 2. The summed E-state index contributed by atoms with van der Waals surface area (Å²) in [4.78, 5) is 51.3. The Morgan fingerprint density at radius 1 is 0.846 bits per heavy atom. The fourth-order valence-corrected chi connectivity index (χ4v) is 3.93. The van der Waals surface area contributed by atoms with Gasteiger partial charge >= 0.3 is 0 Å². The SMILES string of the molecule is CC(C)CCNC(=O)C(C)N(C)C(=O)CC(F)(F)C(O)C(CC(C)C)NC(=O)[C@@H](NC(=O)CC(C)C)C(C)C. The van der Waals surface area contributed by atoms with Crippen molar-refractivity contribution in [3.63, 3.8) is 0 Å². The van der Waals surface area contributed by atoms with Crippen LogP contribution in [0.25, 0.3) is 0 Å². The predicted octanol–water partition coefficient (Wildman–Crippen LogP) is 3.10. The molecule has 3 unspecified atom stereocenters. The molecule has 0 spiro atoms. The van der Waals surface area contributed by atoms with Gasteiger partial charge in [-0.3, -0.25) is 19.2 Å². The average molecular weight is 563 g/mol. The minimum Gasteiger partial charge on any atom is -0.385 e. The largest absolute Gasteiger partial charge is 0.385 e. The van der Waals surface area contributed by atoms with Crippen molar-refractivity contribution in [2.24, 2.45) is 23.7 Å². The number of amides is 4. The monoisotopic (exact) mass is 562 g/mol. The van der Waals surface area contributed by atoms with Crippen molar-refractivity contribution in [3.05, 3.63) is 0 Å². The lowest BCUT2D eigenvalue weighted by molar-refractivity contribution is -0.159. The zero-order valence-electron chi connectivity index (χ0n) is 25.4. The number of nitrogens with zero attached hydrogens (tertiary/aromatic N) is 1. The van der Waals surface area contributed by atoms with E-state index < -0.39 is 54.3 Å². The van der Waals surface area contributed by atoms with Gasteiger partial charge in [-0.15, -0.1) is 0 Å². The highest BCUT2D eigenvalue weighted by Crippen LogP contribution is 2.29. The van der Waals surface area contributed by atoms with Crippen molar-refractivity contribution in [2.45, 2.75) is 118 Å². The Labute approximate surface area is 233 Å². The highest BCUT2D eigenvalue weighted by Gasteiger charge is 2.47. The van der Waals surface area contributed by atoms with E-state index in [9.17, 15) is 24.3 Å². The van der Waals surface area contributed by atoms with Crippen molar-refractivity contribution in [3.8, 4) is 0 Å². The molecule has 0 bridgehead atoms. The van der Waals surface area contributed by atoms with Crippen molar-refractivity contribution < 1.29 is 33.1 Å². The minimum atomic E-state index is -3.89. The molecular formula is C28H52F2N4O5. The summed E-state index contributed by atoms with van der Waals surface area (Å²) < 4.78 is 30.5. The third-order valence-corrected chi connectivity index (χ3v) is 6.49. The first-order valence-corrected chi connectivity index (χ1v) is 14.0. The molecule has 0 aromatic carbocycles. The predicted molar refractivity (Wildman–Crippen MR) is 148 cm³/mol. The third kappa shape index (κ3) is 13.6. The molecule has 0 saturated heterocycles. The molecule has 0 radical (unpaired) electrons. The molecule has 4 N–H and O–H groups in total. The van der Waals surface area contributed by atoms with Crippen LogP contribution < -0.4 is 16.0 Å². The number of alkyl halides is 2. The smallest absolute Gasteiger partial charge is 0.284 e. The molecule has 0 fully saturated rings. The Morgan fingerprint density at radius 3 is 1.87 bits per heavy atom. The lowest BCUT2D eigenvalue weighted by Gasteiger charge is -2.34. The molecule has 11 heteroatoms. The van der Waals surface area contributed by atoms with Crippen LogP contribution in [-0.2, 0) is 19.2 Å². The molecule has 9 nitrogen and oxygen atoms in total. The number of hydrogen-bond acceptors (Lipinski definition) is 5. The number of aliphatic hydroxyl groups is 1. The lowest BCUT2D eigenvalue weighted by atomic mass is 9.92. The van der Waals surface area contributed by atoms with Gasteiger partial charge in [0, 0.05) is 20.0 Å². The van der Waals surface area contributed by atoms with Crippen LogP contribution in [0, 0.1) is 23.7 Å². The first-order chi connectivity index (χ1) is 17.8. The van der Waals surface area contributed by atoms with E-state index in [-0.39, 0.29) is 36.5 Å². The Kier molecular flexibility index (Phi) is 15.7. The molecule has 0 rings (SSSR count). The topological polar surface area (TPSA) is 128 Å². The number of nitrogens with one attached hydrogen (secondary N) is 3. The molecule has 0 aliphatic heterocycles. The molecule has 0 aromatic heterocycles. The van der Waals surface area contributed by atoms with Crippen LogP contribution >= 0.6 is 0 Å². The average Bonchev–Trinajstić information content (AvgIpc) is 2.78. The molecule has 0 aliphatic carbocycles. The molecule has 0 aliphatic rings. The number of hydrogen-bond donors (Lipinski definition) is 4. The minimum absolute atomic E-state index is 0.0198. The van der Waals surface area contributed by atoms with Gasteiger partial charge in [-0.25, -0.2) is 8.78 Å². The summed E-state index contributed by atoms with van der Waals surface area (Å²) in [6, 6.07) is -3.33. The second-order valence-electron chi connectivity index (χ2n) is 12.2. The quantitative estimate of drug-likeness (QED) is 0.217. The van der Waals surface area contributed by atoms with E-state index in [0.29, 0.717) is 12.5 Å². The molecule has 4 atom stereocenters. The van der Waals surface area contributed by atoms with Crippen LogP contribution in [-0.4, -0.2) is 77.4 Å². The van der Waals surface area contributed by atoms with Crippen LogP contribution in [0.1, 0.15) is 88.0 Å². The summed E-state index contributed by atoms with van der Waals surface area (Å²) in [5.41, 5.74) is 0. The van der Waals surface area contributed by atoms with Gasteiger partial charge in [-0.05, 0) is 43.4 Å². The van der Waals surface area contributed by atoms with E-state index >= 15 is 8.78 Å². The van der Waals surface area contributed by atoms with Crippen molar-refractivity contribution in [2.75, 3.05) is 13.6 Å². The number of aliphatic hydroxyl groups excluding tert-OH is 1. The van der Waals surface area contributed by atoms with Gasteiger partial charge in [0.2, 0.25) is 23.6 Å². The second kappa shape index (κ2) is 16.7. The number of carbonyl (C=O) groups excluding carboxylic acids is 4. The maximum atomic E-state index is 15.2. The van der Waals surface area contributed by atoms with Gasteiger partial charge < -0.3 is 26.0 Å². The van der Waals surface area contributed by atoms with Crippen LogP contribution in [0.4, 0.5) is 8.78 Å². The first-order valence-electron chi connectivity index (χ1n) is 14.0. The highest BCUT2D eigenvalue weighted by molar-refractivity contribution is 5.88. The van der Waals surface area contributed by atoms with Crippen molar-refractivity contribution in [1.29, 1.82) is 0 Å². The van der Waals surface area contributed by atoms with Gasteiger partial charge in [-0.1, -0.05) is 55.4 Å². The van der Waals surface area contributed by atoms with E-state index in [0.717, 1.165) is 11.3 Å². The van der Waals surface area contributed by atoms with Crippen LogP contribution in [0.15, 0.2) is 0 Å². The summed E-state index contributed by atoms with van der Waals surface area (Å²) in [6.45, 7) is 16.5. The molecule has 0 saturated carbocycles. The van der Waals surface area contributed by atoms with E-state index in [1.54, 1.807) is 27.7 Å². The first kappa shape index (κ1) is 36.7. The van der Waals surface area contributed by atoms with Crippen molar-refractivity contribution in [1.82, 2.24) is 20.9 Å². The summed E-state index contributed by atoms with van der Waals surface area (Å²) in [5.74, 6) is -6.44. The molecule has 228 valence electrons. The van der Waals surface area contributed by atoms with Gasteiger partial charge in [0.05, 0.1) is 12.5 Å². The normalized spacial score (nSPS) is 15.2. The molecule has 39 heavy (non-hydrogen) atoms. The Balaban J connectivity index is 5.53. The lowest BCUT2D eigenvalue weighted by Crippen LogP contribution is -2.58. The fraction of sp³-hybridized carbons (Fsp3) is 0.857. The molecule has 0 aromatic rings. The molecule has 0 heterocycles. The van der Waals surface area contributed by atoms with Crippen LogP contribution in [0.3, 0.4) is 0 Å². The highest BCUT2D eigenvalue weighted by atomic mass is 19.3. The number of likely N-dealkylation sites (N-methyl/N-ethyl adjacent to an activating group) is 1. The summed E-state index contributed by atoms with van der Waals surface area (Å²) >= 11 is 0. The maximum absolute atomic E-state index is 15.2. The molecule has 4 amide bonds. The van der Waals surface area contributed by atoms with Crippen LogP contribution in [0.2, 0.25) is 0 Å². The van der Waals surface area contributed by atoms with Gasteiger partial charge in [0.1, 0.15) is 18.2 Å². The van der Waals surface area contributed by atoms with Gasteiger partial charge in [-0.2, -0.15) is 0 Å². The van der Waals surface area contributed by atoms with E-state index in [1.165, 1.54) is 14.0 Å². The Morgan fingerprint density at radius 2 is 1.41 bits per heavy atom. The summed E-state index contributed by atoms with van der Waals surface area (Å²) in [5, 5.41) is 18.5. The standard InChI is InChI=1S/C28H52F2N4O5/c1-16(2)11-12-31-26(38)20(9)34(10)23(36)15-28(29,30)25(37)21(13-17(3)4)32-27(39)24(19(7)8)33-22(35)14-18(5)6/h16-21,24-25,37H,11-15H2,1-10H3,(H,31,38)(H,32,39)(H,33,35)/t20?,21?,24-,25?/m0/s1. The summed E-state index contributed by atoms with van der Waals surface area (Å²) in [6.07, 6.45) is -2.74. The molecular weight excluding hydrogens is 510 g/mol. The van der Waals surface area contributed by atoms with Gasteiger partial charge in [0.25, 0.3) is 5.92 Å². The zero-order valence-corrected chi connectivity index (χ0v) is 25.4. The Hall–Kier alpha value is -2.30. The van der Waals surface area contributed by atoms with Gasteiger partial charge in [0.15, 0.2) is 0 Å². The summed E-state index contributed by atoms with van der Waals surface area (Å²) in [7, 11) is 1.26. The Bertz CT molecular complexity index is 805.